The largest absolute Gasteiger partial charge is 0.363 e. The second kappa shape index (κ2) is 6.18. The van der Waals surface area contributed by atoms with Crippen LogP contribution in [0.5, 0.6) is 0 Å². The lowest BCUT2D eigenvalue weighted by Crippen LogP contribution is -2.11. The van der Waals surface area contributed by atoms with Gasteiger partial charge in [-0.1, -0.05) is 30.7 Å². The molecule has 2 rings (SSSR count). The summed E-state index contributed by atoms with van der Waals surface area (Å²) >= 11 is 6.05. The number of hydrogen-bond donors (Lipinski definition) is 1. The molecule has 0 aliphatic carbocycles. The first-order valence-corrected chi connectivity index (χ1v) is 6.92. The zero-order valence-corrected chi connectivity index (χ0v) is 12.5. The molecular formula is C15H17ClFN3. The Morgan fingerprint density at radius 2 is 2.10 bits per heavy atom. The second-order valence-electron chi connectivity index (χ2n) is 4.72. The van der Waals surface area contributed by atoms with E-state index in [0.717, 1.165) is 17.5 Å². The maximum Gasteiger partial charge on any atom is 0.137 e. The summed E-state index contributed by atoms with van der Waals surface area (Å²) in [6.07, 6.45) is 2.16. The van der Waals surface area contributed by atoms with Crippen LogP contribution in [-0.2, 0) is 6.42 Å². The maximum absolute atomic E-state index is 13.6. The lowest BCUT2D eigenvalue weighted by Gasteiger charge is -2.17. The summed E-state index contributed by atoms with van der Waals surface area (Å²) in [4.78, 5) is 8.19. The molecule has 1 aromatic carbocycles. The third-order valence-electron chi connectivity index (χ3n) is 3.30. The van der Waals surface area contributed by atoms with E-state index >= 15 is 0 Å². The minimum absolute atomic E-state index is 0.0682. The van der Waals surface area contributed by atoms with Crippen LogP contribution in [0.15, 0.2) is 24.5 Å². The highest BCUT2D eigenvalue weighted by Gasteiger charge is 2.12. The van der Waals surface area contributed by atoms with Crippen LogP contribution in [0.2, 0.25) is 5.15 Å². The molecule has 106 valence electrons. The molecule has 5 heteroatoms. The molecule has 0 aliphatic heterocycles. The van der Waals surface area contributed by atoms with Crippen LogP contribution in [0.4, 0.5) is 10.2 Å². The number of nitrogens with one attached hydrogen (secondary N) is 1. The predicted molar refractivity (Wildman–Crippen MR) is 79.6 cm³/mol. The zero-order valence-electron chi connectivity index (χ0n) is 11.7. The molecule has 2 aromatic rings. The fourth-order valence-corrected chi connectivity index (χ4v) is 2.26. The molecule has 0 fully saturated rings. The van der Waals surface area contributed by atoms with Crippen LogP contribution in [0, 0.1) is 12.7 Å². The minimum Gasteiger partial charge on any atom is -0.363 e. The van der Waals surface area contributed by atoms with E-state index in [0.29, 0.717) is 16.5 Å². The van der Waals surface area contributed by atoms with Gasteiger partial charge < -0.3 is 5.32 Å². The molecule has 0 bridgehead atoms. The van der Waals surface area contributed by atoms with Gasteiger partial charge in [0.1, 0.15) is 23.1 Å². The van der Waals surface area contributed by atoms with Crippen molar-refractivity contribution in [3.05, 3.63) is 52.2 Å². The molecule has 1 unspecified atom stereocenters. The number of benzene rings is 1. The normalized spacial score (nSPS) is 12.2. The standard InChI is InChI=1S/C15H17ClFN3/c1-4-12-14(16)18-8-19-15(12)20-10(3)11-6-5-9(2)13(17)7-11/h5-8,10H,4H2,1-3H3,(H,18,19,20). The van der Waals surface area contributed by atoms with Crippen LogP contribution in [0.1, 0.15) is 36.6 Å². The van der Waals surface area contributed by atoms with E-state index in [-0.39, 0.29) is 11.9 Å². The average Bonchev–Trinajstić information content (AvgIpc) is 2.42. The van der Waals surface area contributed by atoms with Crippen molar-refractivity contribution in [3.8, 4) is 0 Å². The highest BCUT2D eigenvalue weighted by atomic mass is 35.5. The summed E-state index contributed by atoms with van der Waals surface area (Å²) < 4.78 is 13.6. The monoisotopic (exact) mass is 293 g/mol. The number of nitrogens with zero attached hydrogens (tertiary/aromatic N) is 2. The Bertz CT molecular complexity index is 616. The van der Waals surface area contributed by atoms with Crippen molar-refractivity contribution in [2.45, 2.75) is 33.2 Å². The Hall–Kier alpha value is -1.68. The molecular weight excluding hydrogens is 277 g/mol. The lowest BCUT2D eigenvalue weighted by atomic mass is 10.1. The highest BCUT2D eigenvalue weighted by Crippen LogP contribution is 2.25. The summed E-state index contributed by atoms with van der Waals surface area (Å²) in [5.41, 5.74) is 2.37. The quantitative estimate of drug-likeness (QED) is 0.854. The number of aryl methyl sites for hydroxylation is 1. The van der Waals surface area contributed by atoms with Crippen molar-refractivity contribution in [1.82, 2.24) is 9.97 Å². The molecule has 0 radical (unpaired) electrons. The molecule has 1 aromatic heterocycles. The molecule has 0 amide bonds. The van der Waals surface area contributed by atoms with E-state index in [9.17, 15) is 4.39 Å². The number of anilines is 1. The van der Waals surface area contributed by atoms with Gasteiger partial charge in [-0.2, -0.15) is 0 Å². The molecule has 1 N–H and O–H groups in total. The summed E-state index contributed by atoms with van der Waals surface area (Å²) in [5.74, 6) is 0.494. The Kier molecular flexibility index (Phi) is 4.55. The fourth-order valence-electron chi connectivity index (χ4n) is 2.00. The molecule has 0 aliphatic rings. The van der Waals surface area contributed by atoms with Gasteiger partial charge >= 0.3 is 0 Å². The van der Waals surface area contributed by atoms with Crippen LogP contribution in [-0.4, -0.2) is 9.97 Å². The Morgan fingerprint density at radius 1 is 1.35 bits per heavy atom. The first-order chi connectivity index (χ1) is 9.52. The predicted octanol–water partition coefficient (Wildman–Crippen LogP) is 4.31. The second-order valence-corrected chi connectivity index (χ2v) is 5.08. The smallest absolute Gasteiger partial charge is 0.137 e. The van der Waals surface area contributed by atoms with Gasteiger partial charge in [-0.3, -0.25) is 0 Å². The number of halogens is 2. The average molecular weight is 294 g/mol. The van der Waals surface area contributed by atoms with Gasteiger partial charge in [0.2, 0.25) is 0 Å². The molecule has 0 spiro atoms. The Labute approximate surface area is 123 Å². The van der Waals surface area contributed by atoms with E-state index < -0.39 is 0 Å². The van der Waals surface area contributed by atoms with Gasteiger partial charge in [0.25, 0.3) is 0 Å². The van der Waals surface area contributed by atoms with Crippen molar-refractivity contribution in [2.24, 2.45) is 0 Å². The van der Waals surface area contributed by atoms with E-state index in [2.05, 4.69) is 15.3 Å². The van der Waals surface area contributed by atoms with Crippen LogP contribution in [0.3, 0.4) is 0 Å². The van der Waals surface area contributed by atoms with Crippen molar-refractivity contribution < 1.29 is 4.39 Å². The molecule has 3 nitrogen and oxygen atoms in total. The van der Waals surface area contributed by atoms with E-state index in [1.807, 2.05) is 19.9 Å². The number of aromatic nitrogens is 2. The third kappa shape index (κ3) is 3.07. The number of rotatable bonds is 4. The Balaban J connectivity index is 2.25. The van der Waals surface area contributed by atoms with E-state index in [1.54, 1.807) is 19.1 Å². The van der Waals surface area contributed by atoms with Crippen molar-refractivity contribution in [1.29, 1.82) is 0 Å². The number of hydrogen-bond acceptors (Lipinski definition) is 3. The van der Waals surface area contributed by atoms with Crippen molar-refractivity contribution in [2.75, 3.05) is 5.32 Å². The molecule has 1 atom stereocenters. The first kappa shape index (κ1) is 14.7. The summed E-state index contributed by atoms with van der Waals surface area (Å²) in [7, 11) is 0. The molecule has 20 heavy (non-hydrogen) atoms. The summed E-state index contributed by atoms with van der Waals surface area (Å²) in [6.45, 7) is 5.70. The van der Waals surface area contributed by atoms with Crippen molar-refractivity contribution >= 4 is 17.4 Å². The molecule has 0 saturated heterocycles. The first-order valence-electron chi connectivity index (χ1n) is 6.54. The van der Waals surface area contributed by atoms with E-state index in [4.69, 9.17) is 11.6 Å². The minimum atomic E-state index is -0.201. The maximum atomic E-state index is 13.6. The van der Waals surface area contributed by atoms with Gasteiger partial charge in [0.05, 0.1) is 6.04 Å². The van der Waals surface area contributed by atoms with Crippen LogP contribution < -0.4 is 5.32 Å². The Morgan fingerprint density at radius 3 is 2.75 bits per heavy atom. The molecule has 0 saturated carbocycles. The summed E-state index contributed by atoms with van der Waals surface area (Å²) in [5, 5.41) is 3.71. The zero-order chi connectivity index (χ0) is 14.7. The summed E-state index contributed by atoms with van der Waals surface area (Å²) in [6, 6.07) is 5.16. The lowest BCUT2D eigenvalue weighted by molar-refractivity contribution is 0.614. The highest BCUT2D eigenvalue weighted by molar-refractivity contribution is 6.30. The van der Waals surface area contributed by atoms with Gasteiger partial charge in [0.15, 0.2) is 0 Å². The van der Waals surface area contributed by atoms with Gasteiger partial charge in [0, 0.05) is 5.56 Å². The van der Waals surface area contributed by atoms with Crippen LogP contribution >= 0.6 is 11.6 Å². The topological polar surface area (TPSA) is 37.8 Å². The van der Waals surface area contributed by atoms with E-state index in [1.165, 1.54) is 6.33 Å². The third-order valence-corrected chi connectivity index (χ3v) is 3.62. The fraction of sp³-hybridized carbons (Fsp3) is 0.333. The van der Waals surface area contributed by atoms with Gasteiger partial charge in [-0.25, -0.2) is 14.4 Å². The SMILES string of the molecule is CCc1c(Cl)ncnc1NC(C)c1ccc(C)c(F)c1. The van der Waals surface area contributed by atoms with Gasteiger partial charge in [-0.05, 0) is 37.5 Å². The van der Waals surface area contributed by atoms with Crippen LogP contribution in [0.25, 0.3) is 0 Å². The van der Waals surface area contributed by atoms with Gasteiger partial charge in [-0.15, -0.1) is 0 Å². The van der Waals surface area contributed by atoms with Crippen molar-refractivity contribution in [3.63, 3.8) is 0 Å². The molecule has 1 heterocycles.